The van der Waals surface area contributed by atoms with E-state index in [-0.39, 0.29) is 18.4 Å². The number of hydrogen-bond donors (Lipinski definition) is 2. The fraction of sp³-hybridized carbons (Fsp3) is 0.500. The summed E-state index contributed by atoms with van der Waals surface area (Å²) in [6.45, 7) is 1.30. The summed E-state index contributed by atoms with van der Waals surface area (Å²) in [4.78, 5) is 28.5. The fourth-order valence-electron chi connectivity index (χ4n) is 3.96. The van der Waals surface area contributed by atoms with Crippen molar-refractivity contribution in [2.24, 2.45) is 12.5 Å². The van der Waals surface area contributed by atoms with Gasteiger partial charge in [-0.25, -0.2) is 0 Å². The van der Waals surface area contributed by atoms with Crippen LogP contribution in [0, 0.1) is 5.41 Å². The maximum atomic E-state index is 13.0. The van der Waals surface area contributed by atoms with Crippen LogP contribution < -0.4 is 5.32 Å². The topological polar surface area (TPSA) is 113 Å². The lowest BCUT2D eigenvalue weighted by molar-refractivity contribution is -0.147. The van der Waals surface area contributed by atoms with Crippen LogP contribution in [0.15, 0.2) is 24.3 Å². The first-order chi connectivity index (χ1) is 13.0. The lowest BCUT2D eigenvalue weighted by atomic mass is 9.71. The smallest absolute Gasteiger partial charge is 0.253 e. The summed E-state index contributed by atoms with van der Waals surface area (Å²) in [5.74, 6) is 0.205. The highest BCUT2D eigenvalue weighted by Gasteiger charge is 2.50. The molecule has 2 saturated heterocycles. The van der Waals surface area contributed by atoms with Crippen LogP contribution >= 0.6 is 0 Å². The van der Waals surface area contributed by atoms with Gasteiger partial charge >= 0.3 is 0 Å². The molecule has 4 rings (SSSR count). The number of hydrogen-bond acceptors (Lipinski definition) is 6. The van der Waals surface area contributed by atoms with E-state index in [1.54, 1.807) is 36.2 Å². The molecular weight excluding hydrogens is 348 g/mol. The number of aliphatic hydroxyl groups is 1. The largest absolute Gasteiger partial charge is 0.392 e. The van der Waals surface area contributed by atoms with Gasteiger partial charge in [0.25, 0.3) is 5.91 Å². The number of amides is 2. The van der Waals surface area contributed by atoms with E-state index in [0.29, 0.717) is 37.3 Å². The molecular formula is C18H22N6O3. The van der Waals surface area contributed by atoms with Gasteiger partial charge in [-0.15, -0.1) is 10.2 Å². The zero-order chi connectivity index (χ0) is 19.0. The van der Waals surface area contributed by atoms with E-state index in [4.69, 9.17) is 0 Å². The summed E-state index contributed by atoms with van der Waals surface area (Å²) in [6.07, 6.45) is 1.10. The second-order valence-electron chi connectivity index (χ2n) is 7.23. The van der Waals surface area contributed by atoms with E-state index in [1.807, 2.05) is 0 Å². The molecule has 9 heteroatoms. The Morgan fingerprint density at radius 1 is 1.33 bits per heavy atom. The summed E-state index contributed by atoms with van der Waals surface area (Å²) in [6, 6.07) is 7.03. The summed E-state index contributed by atoms with van der Waals surface area (Å²) in [5.41, 5.74) is 0.414. The lowest BCUT2D eigenvalue weighted by Gasteiger charge is -2.46. The van der Waals surface area contributed by atoms with Gasteiger partial charge in [-0.3, -0.25) is 9.59 Å². The summed E-state index contributed by atoms with van der Waals surface area (Å²) < 4.78 is 0. The van der Waals surface area contributed by atoms with Crippen molar-refractivity contribution < 1.29 is 14.7 Å². The summed E-state index contributed by atoms with van der Waals surface area (Å²) in [5, 5.41) is 25.2. The molecule has 0 unspecified atom stereocenters. The maximum absolute atomic E-state index is 13.0. The molecule has 1 spiro atoms. The lowest BCUT2D eigenvalue weighted by Crippen LogP contribution is -2.62. The number of likely N-dealkylation sites (tertiary alicyclic amines) is 1. The highest BCUT2D eigenvalue weighted by Crippen LogP contribution is 2.37. The van der Waals surface area contributed by atoms with E-state index >= 15 is 0 Å². The first-order valence-electron chi connectivity index (χ1n) is 9.10. The maximum Gasteiger partial charge on any atom is 0.253 e. The number of aryl methyl sites for hydroxylation is 1. The fourth-order valence-corrected chi connectivity index (χ4v) is 3.96. The normalized spacial score (nSPS) is 25.5. The van der Waals surface area contributed by atoms with Gasteiger partial charge in [0.15, 0.2) is 0 Å². The van der Waals surface area contributed by atoms with Gasteiger partial charge in [0, 0.05) is 30.8 Å². The quantitative estimate of drug-likeness (QED) is 0.768. The zero-order valence-electron chi connectivity index (χ0n) is 15.1. The second kappa shape index (κ2) is 6.73. The van der Waals surface area contributed by atoms with Crippen LogP contribution in [0.1, 0.15) is 29.6 Å². The molecule has 1 aromatic carbocycles. The standard InChI is InChI=1S/C18H22N6O3/c1-23-21-15(20-22-23)12-3-5-13(6-4-12)16(26)24-10-7-14(25)18(11-24)8-2-9-19-17(18)27/h3-6,14,25H,2,7-11H2,1H3,(H,19,27)/t14-,18-/m1/s1. The number of benzene rings is 1. The minimum Gasteiger partial charge on any atom is -0.392 e. The molecule has 2 amide bonds. The molecule has 0 radical (unpaired) electrons. The Morgan fingerprint density at radius 3 is 2.78 bits per heavy atom. The number of nitrogens with zero attached hydrogens (tertiary/aromatic N) is 5. The van der Waals surface area contributed by atoms with Crippen molar-refractivity contribution in [3.05, 3.63) is 29.8 Å². The molecule has 2 aliphatic rings. The van der Waals surface area contributed by atoms with Gasteiger partial charge in [-0.05, 0) is 36.6 Å². The predicted octanol–water partition coefficient (Wildman–Crippen LogP) is -0.0197. The van der Waals surface area contributed by atoms with Gasteiger partial charge in [0.1, 0.15) is 0 Å². The summed E-state index contributed by atoms with van der Waals surface area (Å²) in [7, 11) is 1.69. The molecule has 2 fully saturated rings. The number of aromatic nitrogens is 4. The average Bonchev–Trinajstić information content (AvgIpc) is 3.12. The molecule has 0 bridgehead atoms. The molecule has 2 atom stereocenters. The molecule has 2 aromatic rings. The van der Waals surface area contributed by atoms with Crippen LogP contribution in [0.4, 0.5) is 0 Å². The molecule has 1 aromatic heterocycles. The number of nitrogens with one attached hydrogen (secondary N) is 1. The van der Waals surface area contributed by atoms with E-state index in [0.717, 1.165) is 12.0 Å². The van der Waals surface area contributed by atoms with Gasteiger partial charge in [0.2, 0.25) is 11.7 Å². The molecule has 9 nitrogen and oxygen atoms in total. The number of tetrazole rings is 1. The Kier molecular flexibility index (Phi) is 4.39. The van der Waals surface area contributed by atoms with E-state index in [1.165, 1.54) is 4.80 Å². The van der Waals surface area contributed by atoms with E-state index in [2.05, 4.69) is 20.7 Å². The molecule has 0 saturated carbocycles. The third-order valence-electron chi connectivity index (χ3n) is 5.51. The number of carbonyl (C=O) groups is 2. The van der Waals surface area contributed by atoms with Crippen molar-refractivity contribution in [3.8, 4) is 11.4 Å². The number of rotatable bonds is 2. The number of piperidine rings is 2. The Labute approximate surface area is 156 Å². The minimum atomic E-state index is -0.893. The van der Waals surface area contributed by atoms with Crippen LogP contribution in [0.2, 0.25) is 0 Å². The molecule has 2 aliphatic heterocycles. The van der Waals surface area contributed by atoms with Crippen LogP contribution in [0.25, 0.3) is 11.4 Å². The van der Waals surface area contributed by atoms with Crippen molar-refractivity contribution in [2.45, 2.75) is 25.4 Å². The van der Waals surface area contributed by atoms with Gasteiger partial charge in [-0.2, -0.15) is 4.80 Å². The molecule has 3 heterocycles. The Balaban J connectivity index is 1.53. The first kappa shape index (κ1) is 17.6. The highest BCUT2D eigenvalue weighted by atomic mass is 16.3. The van der Waals surface area contributed by atoms with Crippen LogP contribution in [-0.2, 0) is 11.8 Å². The highest BCUT2D eigenvalue weighted by molar-refractivity contribution is 5.95. The van der Waals surface area contributed by atoms with Gasteiger partial charge < -0.3 is 15.3 Å². The molecule has 27 heavy (non-hydrogen) atoms. The van der Waals surface area contributed by atoms with Crippen molar-refractivity contribution in [1.82, 2.24) is 30.4 Å². The zero-order valence-corrected chi connectivity index (χ0v) is 15.1. The van der Waals surface area contributed by atoms with Gasteiger partial charge in [0.05, 0.1) is 18.6 Å². The van der Waals surface area contributed by atoms with Crippen molar-refractivity contribution in [1.29, 1.82) is 0 Å². The minimum absolute atomic E-state index is 0.140. The SMILES string of the molecule is Cn1nnc(-c2ccc(C(=O)N3CC[C@@H](O)[C@@]4(CCCNC4=O)C3)cc2)n1. The number of aliphatic hydroxyl groups excluding tert-OH is 1. The summed E-state index contributed by atoms with van der Waals surface area (Å²) >= 11 is 0. The van der Waals surface area contributed by atoms with Crippen LogP contribution in [-0.4, -0.2) is 67.8 Å². The van der Waals surface area contributed by atoms with E-state index in [9.17, 15) is 14.7 Å². The predicted molar refractivity (Wildman–Crippen MR) is 95.4 cm³/mol. The van der Waals surface area contributed by atoms with Crippen molar-refractivity contribution in [3.63, 3.8) is 0 Å². The Morgan fingerprint density at radius 2 is 2.11 bits per heavy atom. The average molecular weight is 370 g/mol. The third-order valence-corrected chi connectivity index (χ3v) is 5.51. The van der Waals surface area contributed by atoms with Crippen molar-refractivity contribution in [2.75, 3.05) is 19.6 Å². The van der Waals surface area contributed by atoms with E-state index < -0.39 is 11.5 Å². The number of carbonyl (C=O) groups excluding carboxylic acids is 2. The monoisotopic (exact) mass is 370 g/mol. The second-order valence-corrected chi connectivity index (χ2v) is 7.23. The van der Waals surface area contributed by atoms with Gasteiger partial charge in [-0.1, -0.05) is 12.1 Å². The van der Waals surface area contributed by atoms with Crippen LogP contribution in [0.5, 0.6) is 0 Å². The van der Waals surface area contributed by atoms with Crippen LogP contribution in [0.3, 0.4) is 0 Å². The Bertz CT molecular complexity index is 864. The first-order valence-corrected chi connectivity index (χ1v) is 9.10. The Hall–Kier alpha value is -2.81. The molecule has 142 valence electrons. The molecule has 0 aliphatic carbocycles. The van der Waals surface area contributed by atoms with Crippen molar-refractivity contribution >= 4 is 11.8 Å². The molecule has 2 N–H and O–H groups in total. The third kappa shape index (κ3) is 3.08.